The van der Waals surface area contributed by atoms with Crippen molar-refractivity contribution in [1.29, 1.82) is 0 Å². The molecule has 0 spiro atoms. The van der Waals surface area contributed by atoms with Gasteiger partial charge in [0.15, 0.2) is 0 Å². The van der Waals surface area contributed by atoms with E-state index in [2.05, 4.69) is 47.2 Å². The Morgan fingerprint density at radius 2 is 1.82 bits per heavy atom. The first kappa shape index (κ1) is 19.0. The summed E-state index contributed by atoms with van der Waals surface area (Å²) in [6.07, 6.45) is 2.86. The molecule has 28 heavy (non-hydrogen) atoms. The van der Waals surface area contributed by atoms with E-state index in [0.29, 0.717) is 5.56 Å². The number of anilines is 2. The fraction of sp³-hybridized carbons (Fsp3) is 0.174. The molecule has 3 aromatic rings. The summed E-state index contributed by atoms with van der Waals surface area (Å²) in [4.78, 5) is 16.3. The van der Waals surface area contributed by atoms with Crippen LogP contribution in [0, 0.1) is 0 Å². The number of para-hydroxylation sites is 1. The van der Waals surface area contributed by atoms with Crippen molar-refractivity contribution in [2.75, 3.05) is 22.4 Å². The van der Waals surface area contributed by atoms with Crippen LogP contribution in [-0.4, -0.2) is 18.7 Å². The summed E-state index contributed by atoms with van der Waals surface area (Å²) < 4.78 is 3.21. The van der Waals surface area contributed by atoms with Crippen molar-refractivity contribution in [2.45, 2.75) is 17.1 Å². The van der Waals surface area contributed by atoms with Crippen molar-refractivity contribution in [3.63, 3.8) is 0 Å². The molecule has 1 heterocycles. The summed E-state index contributed by atoms with van der Waals surface area (Å²) in [5, 5.41) is 0. The van der Waals surface area contributed by atoms with E-state index in [1.807, 2.05) is 53.2 Å². The molecule has 0 saturated carbocycles. The van der Waals surface area contributed by atoms with Crippen molar-refractivity contribution in [2.24, 2.45) is 0 Å². The third kappa shape index (κ3) is 4.05. The van der Waals surface area contributed by atoms with Gasteiger partial charge in [0.05, 0.1) is 11.3 Å². The van der Waals surface area contributed by atoms with Crippen LogP contribution in [0.15, 0.2) is 77.7 Å². The third-order valence-corrected chi connectivity index (χ3v) is 6.30. The van der Waals surface area contributed by atoms with Crippen LogP contribution in [0.2, 0.25) is 0 Å². The first-order chi connectivity index (χ1) is 13.8. The van der Waals surface area contributed by atoms with Crippen LogP contribution >= 0.6 is 23.7 Å². The lowest BCUT2D eigenvalue weighted by Gasteiger charge is -2.19. The SMILES string of the molecule is CSNc1ccccc1C(=O)N1CCc2cc(SCc3ccccc3)ccc21. The second kappa shape index (κ2) is 8.76. The molecule has 0 radical (unpaired) electrons. The number of carbonyl (C=O) groups is 1. The maximum Gasteiger partial charge on any atom is 0.260 e. The lowest BCUT2D eigenvalue weighted by molar-refractivity contribution is 0.0990. The standard InChI is InChI=1S/C23H22N2OS2/c1-27-24-21-10-6-5-9-20(21)23(26)25-14-13-18-15-19(11-12-22(18)25)28-16-17-7-3-2-4-8-17/h2-12,15,24H,13-14,16H2,1H3. The maximum atomic E-state index is 13.2. The molecule has 0 saturated heterocycles. The average Bonchev–Trinajstić information content (AvgIpc) is 3.16. The molecule has 3 nitrogen and oxygen atoms in total. The van der Waals surface area contributed by atoms with Gasteiger partial charge in [-0.15, -0.1) is 11.8 Å². The Bertz CT molecular complexity index is 975. The van der Waals surface area contributed by atoms with E-state index in [1.54, 1.807) is 0 Å². The molecular formula is C23H22N2OS2. The fourth-order valence-corrected chi connectivity index (χ4v) is 4.75. The average molecular weight is 407 g/mol. The van der Waals surface area contributed by atoms with E-state index in [0.717, 1.165) is 30.1 Å². The summed E-state index contributed by atoms with van der Waals surface area (Å²) in [7, 11) is 0. The van der Waals surface area contributed by atoms with Crippen LogP contribution in [0.3, 0.4) is 0 Å². The number of hydrogen-bond donors (Lipinski definition) is 1. The van der Waals surface area contributed by atoms with Gasteiger partial charge in [0, 0.05) is 29.1 Å². The van der Waals surface area contributed by atoms with Crippen LogP contribution in [0.4, 0.5) is 11.4 Å². The minimum Gasteiger partial charge on any atom is -0.329 e. The minimum absolute atomic E-state index is 0.0561. The quantitative estimate of drug-likeness (QED) is 0.410. The number of thioether (sulfide) groups is 1. The van der Waals surface area contributed by atoms with E-state index < -0.39 is 0 Å². The van der Waals surface area contributed by atoms with Crippen LogP contribution in [0.5, 0.6) is 0 Å². The maximum absolute atomic E-state index is 13.2. The smallest absolute Gasteiger partial charge is 0.260 e. The van der Waals surface area contributed by atoms with E-state index >= 15 is 0 Å². The molecule has 5 heteroatoms. The van der Waals surface area contributed by atoms with Gasteiger partial charge < -0.3 is 9.62 Å². The molecule has 1 aliphatic rings. The number of amides is 1. The van der Waals surface area contributed by atoms with Crippen LogP contribution in [0.25, 0.3) is 0 Å². The molecule has 142 valence electrons. The van der Waals surface area contributed by atoms with E-state index in [1.165, 1.54) is 28.0 Å². The summed E-state index contributed by atoms with van der Waals surface area (Å²) in [5.41, 5.74) is 5.19. The number of fused-ring (bicyclic) bond motifs is 1. The van der Waals surface area contributed by atoms with Gasteiger partial charge in [-0.3, -0.25) is 4.79 Å². The molecule has 0 fully saturated rings. The monoisotopic (exact) mass is 406 g/mol. The van der Waals surface area contributed by atoms with Crippen molar-refractivity contribution in [1.82, 2.24) is 0 Å². The molecular weight excluding hydrogens is 384 g/mol. The molecule has 0 unspecified atom stereocenters. The highest BCUT2D eigenvalue weighted by Gasteiger charge is 2.27. The van der Waals surface area contributed by atoms with Gasteiger partial charge in [-0.2, -0.15) is 0 Å². The normalized spacial score (nSPS) is 12.7. The molecule has 0 bridgehead atoms. The number of rotatable bonds is 6. The predicted octanol–water partition coefficient (Wildman–Crippen LogP) is 5.87. The number of benzene rings is 3. The lowest BCUT2D eigenvalue weighted by Crippen LogP contribution is -2.29. The Hall–Kier alpha value is -2.37. The second-order valence-electron chi connectivity index (χ2n) is 6.62. The fourth-order valence-electron chi connectivity index (χ4n) is 3.43. The second-order valence-corrected chi connectivity index (χ2v) is 8.28. The van der Waals surface area contributed by atoms with Crippen LogP contribution in [-0.2, 0) is 12.2 Å². The van der Waals surface area contributed by atoms with Crippen molar-refractivity contribution in [3.8, 4) is 0 Å². The number of nitrogens with one attached hydrogen (secondary N) is 1. The highest BCUT2D eigenvalue weighted by molar-refractivity contribution is 7.99. The number of carbonyl (C=O) groups excluding carboxylic acids is 1. The zero-order valence-electron chi connectivity index (χ0n) is 15.7. The highest BCUT2D eigenvalue weighted by Crippen LogP contribution is 2.34. The Morgan fingerprint density at radius 1 is 1.04 bits per heavy atom. The van der Waals surface area contributed by atoms with Crippen molar-refractivity contribution in [3.05, 3.63) is 89.5 Å². The zero-order chi connectivity index (χ0) is 19.3. The molecule has 1 amide bonds. The van der Waals surface area contributed by atoms with Gasteiger partial charge >= 0.3 is 0 Å². The van der Waals surface area contributed by atoms with E-state index in [9.17, 15) is 4.79 Å². The Balaban J connectivity index is 1.51. The van der Waals surface area contributed by atoms with Gasteiger partial charge in [0.1, 0.15) is 0 Å². The van der Waals surface area contributed by atoms with Crippen LogP contribution < -0.4 is 9.62 Å². The minimum atomic E-state index is 0.0561. The first-order valence-corrected chi connectivity index (χ1v) is 11.5. The number of nitrogens with zero attached hydrogens (tertiary/aromatic N) is 1. The Morgan fingerprint density at radius 3 is 2.64 bits per heavy atom. The third-order valence-electron chi connectivity index (χ3n) is 4.81. The van der Waals surface area contributed by atoms with E-state index in [4.69, 9.17) is 0 Å². The molecule has 4 rings (SSSR count). The molecule has 0 atom stereocenters. The Kier molecular flexibility index (Phi) is 5.93. The van der Waals surface area contributed by atoms with Gasteiger partial charge in [-0.25, -0.2) is 0 Å². The molecule has 1 N–H and O–H groups in total. The molecule has 1 aliphatic heterocycles. The Labute approximate surface area is 174 Å². The molecule has 0 aromatic heterocycles. The topological polar surface area (TPSA) is 32.3 Å². The van der Waals surface area contributed by atoms with E-state index in [-0.39, 0.29) is 5.91 Å². The summed E-state index contributed by atoms with van der Waals surface area (Å²) in [6, 6.07) is 24.7. The molecule has 3 aromatic carbocycles. The van der Waals surface area contributed by atoms with Gasteiger partial charge in [0.25, 0.3) is 5.91 Å². The zero-order valence-corrected chi connectivity index (χ0v) is 17.4. The van der Waals surface area contributed by atoms with Gasteiger partial charge in [-0.05, 0) is 47.9 Å². The van der Waals surface area contributed by atoms with Crippen molar-refractivity contribution < 1.29 is 4.79 Å². The van der Waals surface area contributed by atoms with Gasteiger partial charge in [-0.1, -0.05) is 54.4 Å². The molecule has 0 aliphatic carbocycles. The largest absolute Gasteiger partial charge is 0.329 e. The number of hydrogen-bond acceptors (Lipinski definition) is 4. The van der Waals surface area contributed by atoms with Crippen molar-refractivity contribution >= 4 is 41.0 Å². The lowest BCUT2D eigenvalue weighted by atomic mass is 10.1. The van der Waals surface area contributed by atoms with Crippen LogP contribution in [0.1, 0.15) is 21.5 Å². The highest BCUT2D eigenvalue weighted by atomic mass is 32.2. The first-order valence-electron chi connectivity index (χ1n) is 9.26. The summed E-state index contributed by atoms with van der Waals surface area (Å²) in [5.74, 6) is 1.01. The van der Waals surface area contributed by atoms with Gasteiger partial charge in [0.2, 0.25) is 0 Å². The summed E-state index contributed by atoms with van der Waals surface area (Å²) in [6.45, 7) is 0.731. The summed E-state index contributed by atoms with van der Waals surface area (Å²) >= 11 is 3.33. The predicted molar refractivity (Wildman–Crippen MR) is 121 cm³/mol.